The lowest BCUT2D eigenvalue weighted by molar-refractivity contribution is 0.0526. The number of rotatable bonds is 4. The lowest BCUT2D eigenvalue weighted by atomic mass is 9.88. The molecule has 0 saturated carbocycles. The van der Waals surface area contributed by atoms with Gasteiger partial charge in [-0.05, 0) is 61.9 Å². The summed E-state index contributed by atoms with van der Waals surface area (Å²) in [5, 5.41) is 3.52. The number of carbonyl (C=O) groups is 2. The molecule has 1 atom stereocenters. The molecule has 0 fully saturated rings. The predicted octanol–water partition coefficient (Wildman–Crippen LogP) is 5.06. The number of esters is 1. The molecule has 6 heteroatoms. The molecule has 3 rings (SSSR count). The standard InChI is InChI=1S/C19H20BrNO3S/c1-3-24-19(23)16-14-9-4-11(2)10-15(14)25-18(16)21-17(22)12-5-7-13(20)8-6-12/h5-8,11H,3-4,9-10H2,1-2H3,(H,21,22)/t11-/m1/s1. The van der Waals surface area contributed by atoms with E-state index in [0.29, 0.717) is 28.7 Å². The second kappa shape index (κ2) is 7.70. The van der Waals surface area contributed by atoms with Crippen molar-refractivity contribution in [3.63, 3.8) is 0 Å². The predicted molar refractivity (Wildman–Crippen MR) is 104 cm³/mol. The van der Waals surface area contributed by atoms with Crippen LogP contribution in [-0.2, 0) is 17.6 Å². The Morgan fingerprint density at radius 1 is 1.32 bits per heavy atom. The minimum absolute atomic E-state index is 0.218. The molecular weight excluding hydrogens is 402 g/mol. The van der Waals surface area contributed by atoms with Gasteiger partial charge in [-0.15, -0.1) is 11.3 Å². The monoisotopic (exact) mass is 421 g/mol. The van der Waals surface area contributed by atoms with Gasteiger partial charge in [0.25, 0.3) is 5.91 Å². The topological polar surface area (TPSA) is 55.4 Å². The lowest BCUT2D eigenvalue weighted by Gasteiger charge is -2.18. The van der Waals surface area contributed by atoms with E-state index in [1.54, 1.807) is 19.1 Å². The zero-order valence-electron chi connectivity index (χ0n) is 14.2. The summed E-state index contributed by atoms with van der Waals surface area (Å²) in [5.41, 5.74) is 2.14. The smallest absolute Gasteiger partial charge is 0.341 e. The van der Waals surface area contributed by atoms with E-state index in [1.165, 1.54) is 16.2 Å². The molecule has 0 bridgehead atoms. The maximum absolute atomic E-state index is 12.6. The first kappa shape index (κ1) is 18.1. The van der Waals surface area contributed by atoms with Crippen LogP contribution in [0.2, 0.25) is 0 Å². The minimum Gasteiger partial charge on any atom is -0.462 e. The molecule has 2 aromatic rings. The molecule has 0 aliphatic heterocycles. The van der Waals surface area contributed by atoms with Crippen LogP contribution < -0.4 is 5.32 Å². The average Bonchev–Trinajstić information content (AvgIpc) is 2.92. The van der Waals surface area contributed by atoms with Crippen molar-refractivity contribution in [1.82, 2.24) is 0 Å². The van der Waals surface area contributed by atoms with Gasteiger partial charge in [-0.25, -0.2) is 4.79 Å². The van der Waals surface area contributed by atoms with E-state index in [9.17, 15) is 9.59 Å². The van der Waals surface area contributed by atoms with E-state index < -0.39 is 0 Å². The van der Waals surface area contributed by atoms with Crippen molar-refractivity contribution in [3.8, 4) is 0 Å². The highest BCUT2D eigenvalue weighted by atomic mass is 79.9. The second-order valence-electron chi connectivity index (χ2n) is 6.24. The van der Waals surface area contributed by atoms with Crippen molar-refractivity contribution in [1.29, 1.82) is 0 Å². The Hall–Kier alpha value is -1.66. The Labute approximate surface area is 159 Å². The van der Waals surface area contributed by atoms with Gasteiger partial charge < -0.3 is 10.1 Å². The Morgan fingerprint density at radius 3 is 2.72 bits per heavy atom. The fourth-order valence-electron chi connectivity index (χ4n) is 3.03. The van der Waals surface area contributed by atoms with Gasteiger partial charge in [0.2, 0.25) is 0 Å². The van der Waals surface area contributed by atoms with E-state index in [2.05, 4.69) is 28.2 Å². The Bertz CT molecular complexity index is 798. The van der Waals surface area contributed by atoms with Crippen LogP contribution in [0.25, 0.3) is 0 Å². The van der Waals surface area contributed by atoms with Crippen LogP contribution in [0.4, 0.5) is 5.00 Å². The van der Waals surface area contributed by atoms with Crippen molar-refractivity contribution >= 4 is 44.1 Å². The summed E-state index contributed by atoms with van der Waals surface area (Å²) >= 11 is 4.87. The maximum Gasteiger partial charge on any atom is 0.341 e. The first-order valence-electron chi connectivity index (χ1n) is 8.38. The van der Waals surface area contributed by atoms with Gasteiger partial charge in [0.1, 0.15) is 5.00 Å². The molecule has 0 spiro atoms. The van der Waals surface area contributed by atoms with Gasteiger partial charge in [-0.2, -0.15) is 0 Å². The second-order valence-corrected chi connectivity index (χ2v) is 8.26. The van der Waals surface area contributed by atoms with E-state index >= 15 is 0 Å². The van der Waals surface area contributed by atoms with Crippen LogP contribution in [0.15, 0.2) is 28.7 Å². The molecule has 0 unspecified atom stereocenters. The van der Waals surface area contributed by atoms with E-state index in [4.69, 9.17) is 4.74 Å². The Balaban J connectivity index is 1.93. The Kier molecular flexibility index (Phi) is 5.59. The summed E-state index contributed by atoms with van der Waals surface area (Å²) in [6, 6.07) is 7.14. The van der Waals surface area contributed by atoms with E-state index in [-0.39, 0.29) is 11.9 Å². The highest BCUT2D eigenvalue weighted by molar-refractivity contribution is 9.10. The van der Waals surface area contributed by atoms with E-state index in [1.807, 2.05) is 12.1 Å². The number of carbonyl (C=O) groups excluding carboxylic acids is 2. The molecule has 1 aliphatic rings. The number of halogens is 1. The maximum atomic E-state index is 12.6. The van der Waals surface area contributed by atoms with Crippen molar-refractivity contribution in [2.75, 3.05) is 11.9 Å². The highest BCUT2D eigenvalue weighted by Crippen LogP contribution is 2.40. The molecular formula is C19H20BrNO3S. The number of anilines is 1. The Morgan fingerprint density at radius 2 is 2.04 bits per heavy atom. The molecule has 1 aliphatic carbocycles. The number of hydrogen-bond acceptors (Lipinski definition) is 4. The van der Waals surface area contributed by atoms with Gasteiger partial charge >= 0.3 is 5.97 Å². The van der Waals surface area contributed by atoms with Crippen molar-refractivity contribution < 1.29 is 14.3 Å². The summed E-state index contributed by atoms with van der Waals surface area (Å²) in [6.45, 7) is 4.33. The van der Waals surface area contributed by atoms with E-state index in [0.717, 1.165) is 29.3 Å². The van der Waals surface area contributed by atoms with Crippen LogP contribution in [0.1, 0.15) is 51.4 Å². The van der Waals surface area contributed by atoms with Gasteiger partial charge in [0.05, 0.1) is 12.2 Å². The highest BCUT2D eigenvalue weighted by Gasteiger charge is 2.29. The zero-order chi connectivity index (χ0) is 18.0. The fraction of sp³-hybridized carbons (Fsp3) is 0.368. The van der Waals surface area contributed by atoms with Crippen LogP contribution in [0.3, 0.4) is 0 Å². The zero-order valence-corrected chi connectivity index (χ0v) is 16.6. The molecule has 25 heavy (non-hydrogen) atoms. The number of fused-ring (bicyclic) bond motifs is 1. The number of nitrogens with one attached hydrogen (secondary N) is 1. The summed E-state index contributed by atoms with van der Waals surface area (Å²) in [5.74, 6) is 0.0292. The SMILES string of the molecule is CCOC(=O)c1c(NC(=O)c2ccc(Br)cc2)sc2c1CC[C@@H](C)C2. The van der Waals surface area contributed by atoms with Gasteiger partial charge in [-0.1, -0.05) is 22.9 Å². The van der Waals surface area contributed by atoms with Crippen molar-refractivity contribution in [2.45, 2.75) is 33.1 Å². The molecule has 1 aromatic carbocycles. The molecule has 1 aromatic heterocycles. The quantitative estimate of drug-likeness (QED) is 0.701. The summed E-state index contributed by atoms with van der Waals surface area (Å²) in [4.78, 5) is 26.2. The number of hydrogen-bond donors (Lipinski definition) is 1. The summed E-state index contributed by atoms with van der Waals surface area (Å²) in [6.07, 6.45) is 2.85. The third-order valence-electron chi connectivity index (χ3n) is 4.32. The molecule has 0 saturated heterocycles. The summed E-state index contributed by atoms with van der Waals surface area (Å²) in [7, 11) is 0. The molecule has 1 N–H and O–H groups in total. The number of benzene rings is 1. The lowest BCUT2D eigenvalue weighted by Crippen LogP contribution is -2.16. The molecule has 4 nitrogen and oxygen atoms in total. The van der Waals surface area contributed by atoms with Crippen molar-refractivity contribution in [3.05, 3.63) is 50.3 Å². The third kappa shape index (κ3) is 3.96. The fourth-order valence-corrected chi connectivity index (χ4v) is 4.69. The third-order valence-corrected chi connectivity index (χ3v) is 6.02. The molecule has 1 amide bonds. The summed E-state index contributed by atoms with van der Waals surface area (Å²) < 4.78 is 6.15. The molecule has 0 radical (unpaired) electrons. The van der Waals surface area contributed by atoms with Crippen LogP contribution >= 0.6 is 27.3 Å². The first-order valence-corrected chi connectivity index (χ1v) is 9.99. The molecule has 132 valence electrons. The normalized spacial score (nSPS) is 16.2. The number of ether oxygens (including phenoxy) is 1. The first-order chi connectivity index (χ1) is 12.0. The van der Waals surface area contributed by atoms with Crippen LogP contribution in [0.5, 0.6) is 0 Å². The number of thiophene rings is 1. The van der Waals surface area contributed by atoms with Gasteiger partial charge in [0, 0.05) is 14.9 Å². The van der Waals surface area contributed by atoms with Gasteiger partial charge in [-0.3, -0.25) is 4.79 Å². The van der Waals surface area contributed by atoms with Gasteiger partial charge in [0.15, 0.2) is 0 Å². The molecule has 1 heterocycles. The number of amides is 1. The van der Waals surface area contributed by atoms with Crippen molar-refractivity contribution in [2.24, 2.45) is 5.92 Å². The van der Waals surface area contributed by atoms with Crippen LogP contribution in [-0.4, -0.2) is 18.5 Å². The van der Waals surface area contributed by atoms with Crippen LogP contribution in [0, 0.1) is 5.92 Å². The largest absolute Gasteiger partial charge is 0.462 e. The average molecular weight is 422 g/mol. The minimum atomic E-state index is -0.347.